The summed E-state index contributed by atoms with van der Waals surface area (Å²) in [5.41, 5.74) is 3.92. The highest BCUT2D eigenvalue weighted by Gasteiger charge is 2.16. The number of hydrogen-bond acceptors (Lipinski definition) is 6. The fourth-order valence-electron chi connectivity index (χ4n) is 3.59. The molecule has 2 aromatic heterocycles. The smallest absolute Gasteiger partial charge is 0.291 e. The number of oxazole rings is 1. The third-order valence-electron chi connectivity index (χ3n) is 5.23. The van der Waals surface area contributed by atoms with Crippen LogP contribution in [0.2, 0.25) is 0 Å². The van der Waals surface area contributed by atoms with Crippen molar-refractivity contribution >= 4 is 44.3 Å². The van der Waals surface area contributed by atoms with Crippen molar-refractivity contribution in [2.45, 2.75) is 6.92 Å². The molecular formula is C25H16BrN3O5. The Balaban J connectivity index is 1.36. The Morgan fingerprint density at radius 1 is 1.03 bits per heavy atom. The number of nitro groups is 1. The lowest BCUT2D eigenvalue weighted by Gasteiger charge is -2.04. The fraction of sp³-hybridized carbons (Fsp3) is 0.0400. The maximum atomic E-state index is 12.7. The Morgan fingerprint density at radius 3 is 2.65 bits per heavy atom. The standard InChI is InChI=1S/C25H16BrN3O5/c1-14-11-18(29(31)32)6-7-19(14)21-9-10-23(33-21)24(30)27-17-5-8-22-20(13-17)28-25(34-22)15-3-2-4-16(26)12-15/h2-13H,1H3,(H,27,30). The minimum atomic E-state index is -0.453. The predicted molar refractivity (Wildman–Crippen MR) is 131 cm³/mol. The number of hydrogen-bond donors (Lipinski definition) is 1. The van der Waals surface area contributed by atoms with Gasteiger partial charge in [0.1, 0.15) is 11.3 Å². The summed E-state index contributed by atoms with van der Waals surface area (Å²) < 4.78 is 12.5. The molecule has 0 aliphatic heterocycles. The zero-order valence-corrected chi connectivity index (χ0v) is 19.3. The molecule has 1 N–H and O–H groups in total. The Hall–Kier alpha value is -4.24. The van der Waals surface area contributed by atoms with Gasteiger partial charge in [0.05, 0.1) is 4.92 Å². The molecule has 2 heterocycles. The lowest BCUT2D eigenvalue weighted by molar-refractivity contribution is -0.384. The van der Waals surface area contributed by atoms with Gasteiger partial charge in [-0.15, -0.1) is 0 Å². The van der Waals surface area contributed by atoms with Gasteiger partial charge in [-0.2, -0.15) is 0 Å². The van der Waals surface area contributed by atoms with Crippen LogP contribution in [-0.2, 0) is 0 Å². The van der Waals surface area contributed by atoms with Crippen LogP contribution in [0.3, 0.4) is 0 Å². The number of nitro benzene ring substituents is 1. The molecule has 8 nitrogen and oxygen atoms in total. The molecule has 5 rings (SSSR count). The third kappa shape index (κ3) is 4.20. The lowest BCUT2D eigenvalue weighted by atomic mass is 10.1. The van der Waals surface area contributed by atoms with Gasteiger partial charge in [-0.25, -0.2) is 4.98 Å². The average Bonchev–Trinajstić information content (AvgIpc) is 3.46. The highest BCUT2D eigenvalue weighted by Crippen LogP contribution is 2.30. The van der Waals surface area contributed by atoms with Gasteiger partial charge in [0, 0.05) is 33.4 Å². The van der Waals surface area contributed by atoms with Crippen LogP contribution >= 0.6 is 15.9 Å². The predicted octanol–water partition coefficient (Wildman–Crippen LogP) is 6.99. The van der Waals surface area contributed by atoms with Gasteiger partial charge in [0.15, 0.2) is 11.3 Å². The number of halogens is 1. The number of amides is 1. The minimum Gasteiger partial charge on any atom is -0.451 e. The molecule has 3 aromatic carbocycles. The number of carbonyl (C=O) groups excluding carboxylic acids is 1. The van der Waals surface area contributed by atoms with Crippen LogP contribution in [0.25, 0.3) is 33.9 Å². The zero-order chi connectivity index (χ0) is 23.8. The van der Waals surface area contributed by atoms with Crippen LogP contribution in [0.5, 0.6) is 0 Å². The van der Waals surface area contributed by atoms with Crippen molar-refractivity contribution in [3.8, 4) is 22.8 Å². The molecule has 0 bridgehead atoms. The van der Waals surface area contributed by atoms with E-state index in [9.17, 15) is 14.9 Å². The maximum Gasteiger partial charge on any atom is 0.291 e. The molecular weight excluding hydrogens is 502 g/mol. The monoisotopic (exact) mass is 517 g/mol. The Kier molecular flexibility index (Phi) is 5.46. The van der Waals surface area contributed by atoms with Crippen LogP contribution in [0.15, 0.2) is 86.1 Å². The van der Waals surface area contributed by atoms with Crippen molar-refractivity contribution in [2.75, 3.05) is 5.32 Å². The van der Waals surface area contributed by atoms with Crippen molar-refractivity contribution in [3.05, 3.63) is 98.7 Å². The molecule has 1 amide bonds. The first-order valence-corrected chi connectivity index (χ1v) is 11.0. The molecule has 0 aliphatic carbocycles. The van der Waals surface area contributed by atoms with Gasteiger partial charge in [-0.05, 0) is 67.1 Å². The van der Waals surface area contributed by atoms with E-state index < -0.39 is 10.8 Å². The first kappa shape index (κ1) is 21.6. The van der Waals surface area contributed by atoms with Crippen LogP contribution in [0.1, 0.15) is 16.1 Å². The SMILES string of the molecule is Cc1cc([N+](=O)[O-])ccc1-c1ccc(C(=O)Nc2ccc3oc(-c4cccc(Br)c4)nc3c2)o1. The molecule has 168 valence electrons. The molecule has 5 aromatic rings. The van der Waals surface area contributed by atoms with E-state index in [0.717, 1.165) is 10.0 Å². The number of rotatable bonds is 5. The summed E-state index contributed by atoms with van der Waals surface area (Å²) in [7, 11) is 0. The second-order valence-electron chi connectivity index (χ2n) is 7.59. The van der Waals surface area contributed by atoms with E-state index in [-0.39, 0.29) is 11.4 Å². The summed E-state index contributed by atoms with van der Waals surface area (Å²) in [6.45, 7) is 1.75. The van der Waals surface area contributed by atoms with Crippen molar-refractivity contribution < 1.29 is 18.6 Å². The van der Waals surface area contributed by atoms with E-state index in [0.29, 0.717) is 39.6 Å². The number of carbonyl (C=O) groups is 1. The Labute approximate surface area is 201 Å². The highest BCUT2D eigenvalue weighted by molar-refractivity contribution is 9.10. The number of aryl methyl sites for hydroxylation is 1. The van der Waals surface area contributed by atoms with Crippen LogP contribution < -0.4 is 5.32 Å². The number of anilines is 1. The second-order valence-corrected chi connectivity index (χ2v) is 8.50. The summed E-state index contributed by atoms with van der Waals surface area (Å²) in [6, 6.07) is 20.5. The fourth-order valence-corrected chi connectivity index (χ4v) is 3.98. The first-order valence-electron chi connectivity index (χ1n) is 10.2. The normalized spacial score (nSPS) is 11.0. The summed E-state index contributed by atoms with van der Waals surface area (Å²) >= 11 is 3.44. The minimum absolute atomic E-state index is 0.00271. The van der Waals surface area contributed by atoms with Crippen LogP contribution in [-0.4, -0.2) is 15.8 Å². The van der Waals surface area contributed by atoms with Crippen LogP contribution in [0.4, 0.5) is 11.4 Å². The topological polar surface area (TPSA) is 111 Å². The molecule has 0 aliphatic rings. The van der Waals surface area contributed by atoms with E-state index in [1.54, 1.807) is 43.3 Å². The van der Waals surface area contributed by atoms with Crippen molar-refractivity contribution in [3.63, 3.8) is 0 Å². The number of non-ortho nitro benzene ring substituents is 1. The number of fused-ring (bicyclic) bond motifs is 1. The number of nitrogens with zero attached hydrogens (tertiary/aromatic N) is 2. The molecule has 9 heteroatoms. The number of nitrogens with one attached hydrogen (secondary N) is 1. The quantitative estimate of drug-likeness (QED) is 0.198. The zero-order valence-electron chi connectivity index (χ0n) is 17.7. The highest BCUT2D eigenvalue weighted by atomic mass is 79.9. The molecule has 0 saturated heterocycles. The average molecular weight is 518 g/mol. The van der Waals surface area contributed by atoms with Crippen molar-refractivity contribution in [2.24, 2.45) is 0 Å². The van der Waals surface area contributed by atoms with Crippen molar-refractivity contribution in [1.29, 1.82) is 0 Å². The van der Waals surface area contributed by atoms with Gasteiger partial charge >= 0.3 is 0 Å². The molecule has 0 radical (unpaired) electrons. The van der Waals surface area contributed by atoms with Gasteiger partial charge in [-0.3, -0.25) is 14.9 Å². The molecule has 0 saturated carbocycles. The third-order valence-corrected chi connectivity index (χ3v) is 5.73. The maximum absolute atomic E-state index is 12.7. The number of furan rings is 1. The van der Waals surface area contributed by atoms with Crippen molar-refractivity contribution in [1.82, 2.24) is 4.98 Å². The molecule has 34 heavy (non-hydrogen) atoms. The number of benzene rings is 3. The largest absolute Gasteiger partial charge is 0.451 e. The summed E-state index contributed by atoms with van der Waals surface area (Å²) in [4.78, 5) is 27.8. The van der Waals surface area contributed by atoms with E-state index in [4.69, 9.17) is 8.83 Å². The molecule has 0 unspecified atom stereocenters. The van der Waals surface area contributed by atoms with E-state index in [2.05, 4.69) is 26.2 Å². The summed E-state index contributed by atoms with van der Waals surface area (Å²) in [5.74, 6) is 0.612. The Morgan fingerprint density at radius 2 is 1.88 bits per heavy atom. The van der Waals surface area contributed by atoms with Crippen LogP contribution in [0, 0.1) is 17.0 Å². The van der Waals surface area contributed by atoms with Gasteiger partial charge in [0.25, 0.3) is 11.6 Å². The van der Waals surface area contributed by atoms with E-state index in [1.807, 2.05) is 24.3 Å². The summed E-state index contributed by atoms with van der Waals surface area (Å²) in [6.07, 6.45) is 0. The van der Waals surface area contributed by atoms with E-state index in [1.165, 1.54) is 12.1 Å². The molecule has 0 fully saturated rings. The summed E-state index contributed by atoms with van der Waals surface area (Å²) in [5, 5.41) is 13.8. The van der Waals surface area contributed by atoms with Gasteiger partial charge in [0.2, 0.25) is 5.89 Å². The van der Waals surface area contributed by atoms with E-state index >= 15 is 0 Å². The molecule has 0 spiro atoms. The first-order chi connectivity index (χ1) is 16.4. The Bertz CT molecular complexity index is 1570. The number of aromatic nitrogens is 1. The van der Waals surface area contributed by atoms with Gasteiger partial charge < -0.3 is 14.2 Å². The second kappa shape index (κ2) is 8.60. The molecule has 0 atom stereocenters. The van der Waals surface area contributed by atoms with Gasteiger partial charge in [-0.1, -0.05) is 22.0 Å². The lowest BCUT2D eigenvalue weighted by Crippen LogP contribution is -2.10.